The lowest BCUT2D eigenvalue weighted by Crippen LogP contribution is -2.39. The van der Waals surface area contributed by atoms with Crippen LogP contribution in [0.5, 0.6) is 0 Å². The second-order valence-corrected chi connectivity index (χ2v) is 5.60. The minimum absolute atomic E-state index is 0.0648. The smallest absolute Gasteiger partial charge is 0.270 e. The molecule has 2 aromatic rings. The average Bonchev–Trinajstić information content (AvgIpc) is 2.48. The molecule has 21 heavy (non-hydrogen) atoms. The number of pyridine rings is 1. The molecule has 0 radical (unpaired) electrons. The van der Waals surface area contributed by atoms with Gasteiger partial charge in [0.1, 0.15) is 5.69 Å². The van der Waals surface area contributed by atoms with Gasteiger partial charge in [0.05, 0.1) is 5.52 Å². The van der Waals surface area contributed by atoms with Crippen LogP contribution in [0.15, 0.2) is 30.3 Å². The first-order valence-electron chi connectivity index (χ1n) is 7.72. The summed E-state index contributed by atoms with van der Waals surface area (Å²) in [6.07, 6.45) is 4.42. The van der Waals surface area contributed by atoms with E-state index in [1.54, 1.807) is 0 Å². The van der Waals surface area contributed by atoms with E-state index in [1.807, 2.05) is 30.3 Å². The molecular formula is C17H21N3O. The molecular weight excluding hydrogens is 262 g/mol. The number of benzene rings is 1. The molecule has 3 rings (SSSR count). The van der Waals surface area contributed by atoms with E-state index in [-0.39, 0.29) is 5.91 Å². The molecule has 1 aliphatic rings. The quantitative estimate of drug-likeness (QED) is 0.885. The zero-order valence-corrected chi connectivity index (χ0v) is 12.4. The molecule has 0 spiro atoms. The lowest BCUT2D eigenvalue weighted by molar-refractivity contribution is 0.0912. The van der Waals surface area contributed by atoms with Crippen LogP contribution in [0.25, 0.3) is 10.9 Å². The molecule has 1 fully saturated rings. The number of hydrogen-bond acceptors (Lipinski definition) is 3. The zero-order chi connectivity index (χ0) is 14.7. The summed E-state index contributed by atoms with van der Waals surface area (Å²) >= 11 is 0. The molecule has 1 heterocycles. The fourth-order valence-electron chi connectivity index (χ4n) is 2.51. The highest BCUT2D eigenvalue weighted by atomic mass is 16.1. The minimum Gasteiger partial charge on any atom is -0.384 e. The maximum Gasteiger partial charge on any atom is 0.270 e. The van der Waals surface area contributed by atoms with Gasteiger partial charge in [0.2, 0.25) is 0 Å². The molecule has 2 N–H and O–H groups in total. The van der Waals surface area contributed by atoms with Gasteiger partial charge < -0.3 is 10.6 Å². The summed E-state index contributed by atoms with van der Waals surface area (Å²) in [7, 11) is 0. The second-order valence-electron chi connectivity index (χ2n) is 5.60. The largest absolute Gasteiger partial charge is 0.384 e. The van der Waals surface area contributed by atoms with Gasteiger partial charge >= 0.3 is 0 Å². The van der Waals surface area contributed by atoms with Crippen LogP contribution in [0.3, 0.4) is 0 Å². The zero-order valence-electron chi connectivity index (χ0n) is 12.4. The summed E-state index contributed by atoms with van der Waals surface area (Å²) in [4.78, 5) is 16.8. The molecule has 1 aromatic carbocycles. The summed E-state index contributed by atoms with van der Waals surface area (Å²) in [5, 5.41) is 7.51. The summed E-state index contributed by atoms with van der Waals surface area (Å²) in [5.74, 6) is -0.0648. The van der Waals surface area contributed by atoms with E-state index >= 15 is 0 Å². The molecule has 4 heteroatoms. The third-order valence-corrected chi connectivity index (χ3v) is 3.95. The van der Waals surface area contributed by atoms with E-state index in [9.17, 15) is 4.79 Å². The molecule has 4 nitrogen and oxygen atoms in total. The van der Waals surface area contributed by atoms with Crippen LogP contribution < -0.4 is 10.6 Å². The monoisotopic (exact) mass is 283 g/mol. The Morgan fingerprint density at radius 1 is 1.33 bits per heavy atom. The van der Waals surface area contributed by atoms with Crippen molar-refractivity contribution in [1.29, 1.82) is 0 Å². The van der Waals surface area contributed by atoms with Crippen LogP contribution in [0.2, 0.25) is 0 Å². The van der Waals surface area contributed by atoms with E-state index < -0.39 is 0 Å². The number of amides is 1. The van der Waals surface area contributed by atoms with E-state index in [0.29, 0.717) is 11.7 Å². The van der Waals surface area contributed by atoms with Crippen LogP contribution >= 0.6 is 0 Å². The summed E-state index contributed by atoms with van der Waals surface area (Å²) in [6, 6.07) is 10.1. The Labute approximate surface area is 125 Å². The minimum atomic E-state index is -0.0648. The Morgan fingerprint density at radius 3 is 2.86 bits per heavy atom. The maximum absolute atomic E-state index is 12.3. The van der Waals surface area contributed by atoms with Gasteiger partial charge in [-0.1, -0.05) is 25.1 Å². The number of anilines is 1. The van der Waals surface area contributed by atoms with E-state index in [4.69, 9.17) is 0 Å². The van der Waals surface area contributed by atoms with Crippen molar-refractivity contribution in [2.75, 3.05) is 11.9 Å². The van der Waals surface area contributed by atoms with E-state index in [0.717, 1.165) is 42.4 Å². The molecule has 0 bridgehead atoms. The summed E-state index contributed by atoms with van der Waals surface area (Å²) < 4.78 is 0. The highest BCUT2D eigenvalue weighted by Gasteiger charge is 2.21. The van der Waals surface area contributed by atoms with Crippen molar-refractivity contribution >= 4 is 22.5 Å². The van der Waals surface area contributed by atoms with Gasteiger partial charge in [-0.25, -0.2) is 4.98 Å². The Morgan fingerprint density at radius 2 is 2.14 bits per heavy atom. The SMILES string of the molecule is CCCNc1cc(C(=O)NC2CCC2)nc2ccccc12. The average molecular weight is 283 g/mol. The number of para-hydroxylation sites is 1. The molecule has 1 aliphatic carbocycles. The Balaban J connectivity index is 1.92. The number of nitrogens with zero attached hydrogens (tertiary/aromatic N) is 1. The van der Waals surface area contributed by atoms with Gasteiger partial charge in [-0.05, 0) is 37.8 Å². The number of rotatable bonds is 5. The van der Waals surface area contributed by atoms with Crippen LogP contribution in [-0.4, -0.2) is 23.5 Å². The van der Waals surface area contributed by atoms with Crippen molar-refractivity contribution in [3.63, 3.8) is 0 Å². The van der Waals surface area contributed by atoms with Crippen molar-refractivity contribution in [3.05, 3.63) is 36.0 Å². The summed E-state index contributed by atoms with van der Waals surface area (Å²) in [6.45, 7) is 3.01. The first kappa shape index (κ1) is 13.9. The molecule has 110 valence electrons. The molecule has 0 aliphatic heterocycles. The predicted molar refractivity (Wildman–Crippen MR) is 85.6 cm³/mol. The van der Waals surface area contributed by atoms with Gasteiger partial charge in [-0.3, -0.25) is 4.79 Å². The van der Waals surface area contributed by atoms with E-state index in [1.165, 1.54) is 6.42 Å². The first-order chi connectivity index (χ1) is 10.3. The fourth-order valence-corrected chi connectivity index (χ4v) is 2.51. The van der Waals surface area contributed by atoms with Crippen LogP contribution in [0.1, 0.15) is 43.1 Å². The van der Waals surface area contributed by atoms with E-state index in [2.05, 4.69) is 22.5 Å². The second kappa shape index (κ2) is 6.12. The molecule has 1 saturated carbocycles. The van der Waals surface area contributed by atoms with Gasteiger partial charge in [0.25, 0.3) is 5.91 Å². The Hall–Kier alpha value is -2.10. The third kappa shape index (κ3) is 2.99. The molecule has 1 aromatic heterocycles. The highest BCUT2D eigenvalue weighted by molar-refractivity contribution is 5.99. The number of nitrogens with one attached hydrogen (secondary N) is 2. The number of carbonyl (C=O) groups excluding carboxylic acids is 1. The van der Waals surface area contributed by atoms with Crippen molar-refractivity contribution in [2.45, 2.75) is 38.6 Å². The maximum atomic E-state index is 12.3. The molecule has 0 saturated heterocycles. The highest BCUT2D eigenvalue weighted by Crippen LogP contribution is 2.24. The van der Waals surface area contributed by atoms with Gasteiger partial charge in [0, 0.05) is 23.7 Å². The van der Waals surface area contributed by atoms with Crippen LogP contribution in [0.4, 0.5) is 5.69 Å². The lowest BCUT2D eigenvalue weighted by atomic mass is 9.93. The Bertz CT molecular complexity index is 650. The normalized spacial score (nSPS) is 14.7. The van der Waals surface area contributed by atoms with Crippen molar-refractivity contribution < 1.29 is 4.79 Å². The topological polar surface area (TPSA) is 54.0 Å². The fraction of sp³-hybridized carbons (Fsp3) is 0.412. The Kier molecular flexibility index (Phi) is 4.04. The number of carbonyl (C=O) groups is 1. The van der Waals surface area contributed by atoms with Crippen molar-refractivity contribution in [3.8, 4) is 0 Å². The van der Waals surface area contributed by atoms with Crippen LogP contribution in [0, 0.1) is 0 Å². The number of fused-ring (bicyclic) bond motifs is 1. The standard InChI is InChI=1S/C17H21N3O/c1-2-10-18-15-11-16(17(21)19-12-6-5-7-12)20-14-9-4-3-8-13(14)15/h3-4,8-9,11-12H,2,5-7,10H2,1H3,(H,18,20)(H,19,21). The first-order valence-corrected chi connectivity index (χ1v) is 7.72. The number of hydrogen-bond donors (Lipinski definition) is 2. The number of aromatic nitrogens is 1. The van der Waals surface area contributed by atoms with Crippen molar-refractivity contribution in [2.24, 2.45) is 0 Å². The summed E-state index contributed by atoms with van der Waals surface area (Å²) in [5.41, 5.74) is 2.35. The van der Waals surface area contributed by atoms with Gasteiger partial charge in [-0.2, -0.15) is 0 Å². The lowest BCUT2D eigenvalue weighted by Gasteiger charge is -2.26. The predicted octanol–water partition coefficient (Wildman–Crippen LogP) is 3.34. The van der Waals surface area contributed by atoms with Crippen LogP contribution in [-0.2, 0) is 0 Å². The molecule has 1 amide bonds. The molecule has 0 unspecified atom stereocenters. The van der Waals surface area contributed by atoms with Gasteiger partial charge in [0.15, 0.2) is 0 Å². The van der Waals surface area contributed by atoms with Gasteiger partial charge in [-0.15, -0.1) is 0 Å². The molecule has 0 atom stereocenters. The van der Waals surface area contributed by atoms with Crippen molar-refractivity contribution in [1.82, 2.24) is 10.3 Å². The third-order valence-electron chi connectivity index (χ3n) is 3.95.